The number of benzene rings is 1. The molecule has 0 spiro atoms. The molecule has 0 radical (unpaired) electrons. The Morgan fingerprint density at radius 2 is 1.88 bits per heavy atom. The third-order valence-electron chi connectivity index (χ3n) is 6.32. The van der Waals surface area contributed by atoms with Gasteiger partial charge in [0.15, 0.2) is 0 Å². The summed E-state index contributed by atoms with van der Waals surface area (Å²) in [6.45, 7) is 9.29. The smallest absolute Gasteiger partial charge is 0.123 e. The zero-order valence-electron chi connectivity index (χ0n) is 16.7. The van der Waals surface area contributed by atoms with Gasteiger partial charge in [-0.1, -0.05) is 63.8 Å². The van der Waals surface area contributed by atoms with E-state index in [2.05, 4.69) is 33.8 Å². The summed E-state index contributed by atoms with van der Waals surface area (Å²) in [5.41, 5.74) is 2.91. The standard InChI is InChI=1S/C24H37F/c1-5-8-18(3)12-17-22(19(4)9-6-2)24-11-7-10-23(24)20-13-15-21(25)16-14-20/h8,13-16,19,22-24H,5-7,9-12,17H2,1-4H3/b18-8+/t19?,22-,23?,24?/m0/s1. The third kappa shape index (κ3) is 5.69. The van der Waals surface area contributed by atoms with Gasteiger partial charge in [-0.05, 0) is 80.4 Å². The van der Waals surface area contributed by atoms with Crippen LogP contribution in [0.1, 0.15) is 90.5 Å². The first-order valence-electron chi connectivity index (χ1n) is 10.5. The van der Waals surface area contributed by atoms with Crippen LogP contribution in [0.3, 0.4) is 0 Å². The molecule has 1 aliphatic carbocycles. The van der Waals surface area contributed by atoms with E-state index in [0.717, 1.165) is 24.2 Å². The minimum atomic E-state index is -0.116. The van der Waals surface area contributed by atoms with Gasteiger partial charge in [0.25, 0.3) is 0 Å². The summed E-state index contributed by atoms with van der Waals surface area (Å²) in [7, 11) is 0. The average molecular weight is 345 g/mol. The van der Waals surface area contributed by atoms with E-state index >= 15 is 0 Å². The second-order valence-corrected chi connectivity index (χ2v) is 8.18. The molecule has 0 aliphatic heterocycles. The Balaban J connectivity index is 2.15. The molecule has 0 heterocycles. The second kappa shape index (κ2) is 10.1. The fourth-order valence-electron chi connectivity index (χ4n) is 5.06. The molecule has 1 heteroatoms. The molecule has 1 saturated carbocycles. The maximum Gasteiger partial charge on any atom is 0.123 e. The normalized spacial score (nSPS) is 23.6. The number of halogens is 1. The van der Waals surface area contributed by atoms with Crippen molar-refractivity contribution in [2.75, 3.05) is 0 Å². The third-order valence-corrected chi connectivity index (χ3v) is 6.32. The zero-order valence-corrected chi connectivity index (χ0v) is 16.7. The first-order valence-corrected chi connectivity index (χ1v) is 10.5. The lowest BCUT2D eigenvalue weighted by Crippen LogP contribution is -2.24. The number of hydrogen-bond donors (Lipinski definition) is 0. The van der Waals surface area contributed by atoms with Crippen LogP contribution >= 0.6 is 0 Å². The Morgan fingerprint density at radius 1 is 1.16 bits per heavy atom. The lowest BCUT2D eigenvalue weighted by Gasteiger charge is -2.34. The van der Waals surface area contributed by atoms with Gasteiger partial charge in [0.05, 0.1) is 0 Å². The Hall–Kier alpha value is -1.11. The van der Waals surface area contributed by atoms with Gasteiger partial charge in [-0.15, -0.1) is 0 Å². The number of allylic oxidation sites excluding steroid dienone is 2. The van der Waals surface area contributed by atoms with Crippen molar-refractivity contribution in [2.45, 2.75) is 85.0 Å². The van der Waals surface area contributed by atoms with Gasteiger partial charge >= 0.3 is 0 Å². The SMILES string of the molecule is CC/C=C(\C)CC[C@@H](C(C)CCC)C1CCCC1c1ccc(F)cc1. The number of rotatable bonds is 9. The van der Waals surface area contributed by atoms with E-state index in [1.807, 2.05) is 12.1 Å². The molecule has 1 aliphatic rings. The average Bonchev–Trinajstić information content (AvgIpc) is 3.05. The Labute approximate surface area is 154 Å². The highest BCUT2D eigenvalue weighted by molar-refractivity contribution is 5.22. The molecule has 0 N–H and O–H groups in total. The predicted molar refractivity (Wildman–Crippen MR) is 107 cm³/mol. The van der Waals surface area contributed by atoms with Crippen LogP contribution in [-0.4, -0.2) is 0 Å². The van der Waals surface area contributed by atoms with Crippen molar-refractivity contribution in [1.82, 2.24) is 0 Å². The van der Waals surface area contributed by atoms with Crippen LogP contribution in [0.5, 0.6) is 0 Å². The Bertz CT molecular complexity index is 528. The highest BCUT2D eigenvalue weighted by Crippen LogP contribution is 2.48. The fourth-order valence-corrected chi connectivity index (χ4v) is 5.06. The summed E-state index contributed by atoms with van der Waals surface area (Å²) in [6.07, 6.45) is 12.6. The molecule has 2 rings (SSSR count). The molecule has 25 heavy (non-hydrogen) atoms. The summed E-state index contributed by atoms with van der Waals surface area (Å²) >= 11 is 0. The van der Waals surface area contributed by atoms with Gasteiger partial charge in [0, 0.05) is 0 Å². The molecular weight excluding hydrogens is 307 g/mol. The molecule has 1 aromatic carbocycles. The van der Waals surface area contributed by atoms with Crippen molar-refractivity contribution < 1.29 is 4.39 Å². The zero-order chi connectivity index (χ0) is 18.2. The van der Waals surface area contributed by atoms with E-state index in [9.17, 15) is 4.39 Å². The topological polar surface area (TPSA) is 0 Å². The molecule has 0 nitrogen and oxygen atoms in total. The van der Waals surface area contributed by atoms with Crippen LogP contribution in [0.15, 0.2) is 35.9 Å². The van der Waals surface area contributed by atoms with E-state index in [-0.39, 0.29) is 5.82 Å². The van der Waals surface area contributed by atoms with E-state index in [4.69, 9.17) is 0 Å². The first-order chi connectivity index (χ1) is 12.1. The highest BCUT2D eigenvalue weighted by atomic mass is 19.1. The maximum absolute atomic E-state index is 13.3. The van der Waals surface area contributed by atoms with E-state index in [0.29, 0.717) is 5.92 Å². The van der Waals surface area contributed by atoms with Crippen LogP contribution in [0.4, 0.5) is 4.39 Å². The van der Waals surface area contributed by atoms with E-state index in [1.165, 1.54) is 50.5 Å². The molecule has 1 aromatic rings. The first kappa shape index (κ1) is 20.2. The lowest BCUT2D eigenvalue weighted by atomic mass is 9.71. The highest BCUT2D eigenvalue weighted by Gasteiger charge is 2.36. The van der Waals surface area contributed by atoms with Crippen molar-refractivity contribution >= 4 is 0 Å². The molecule has 140 valence electrons. The van der Waals surface area contributed by atoms with Gasteiger partial charge in [-0.25, -0.2) is 4.39 Å². The maximum atomic E-state index is 13.3. The van der Waals surface area contributed by atoms with Gasteiger partial charge in [0.1, 0.15) is 5.82 Å². The monoisotopic (exact) mass is 344 g/mol. The minimum Gasteiger partial charge on any atom is -0.207 e. The minimum absolute atomic E-state index is 0.116. The fraction of sp³-hybridized carbons (Fsp3) is 0.667. The van der Waals surface area contributed by atoms with Crippen molar-refractivity contribution in [2.24, 2.45) is 17.8 Å². The predicted octanol–water partition coefficient (Wildman–Crippen LogP) is 7.90. The van der Waals surface area contributed by atoms with Crippen LogP contribution in [0, 0.1) is 23.6 Å². The molecule has 4 atom stereocenters. The molecule has 0 saturated heterocycles. The lowest BCUT2D eigenvalue weighted by molar-refractivity contribution is 0.200. The second-order valence-electron chi connectivity index (χ2n) is 8.18. The van der Waals surface area contributed by atoms with Crippen LogP contribution in [0.25, 0.3) is 0 Å². The van der Waals surface area contributed by atoms with Gasteiger partial charge in [-0.3, -0.25) is 0 Å². The van der Waals surface area contributed by atoms with Crippen LogP contribution < -0.4 is 0 Å². The van der Waals surface area contributed by atoms with E-state index < -0.39 is 0 Å². The Morgan fingerprint density at radius 3 is 2.52 bits per heavy atom. The van der Waals surface area contributed by atoms with E-state index in [1.54, 1.807) is 17.7 Å². The van der Waals surface area contributed by atoms with Crippen LogP contribution in [-0.2, 0) is 0 Å². The molecule has 0 bridgehead atoms. The van der Waals surface area contributed by atoms with Gasteiger partial charge < -0.3 is 0 Å². The molecule has 1 fully saturated rings. The van der Waals surface area contributed by atoms with Gasteiger partial charge in [0.2, 0.25) is 0 Å². The van der Waals surface area contributed by atoms with Crippen molar-refractivity contribution in [1.29, 1.82) is 0 Å². The summed E-state index contributed by atoms with van der Waals surface area (Å²) in [6, 6.07) is 7.34. The summed E-state index contributed by atoms with van der Waals surface area (Å²) < 4.78 is 13.3. The van der Waals surface area contributed by atoms with Crippen molar-refractivity contribution in [3.8, 4) is 0 Å². The largest absolute Gasteiger partial charge is 0.207 e. The number of hydrogen-bond acceptors (Lipinski definition) is 0. The molecule has 0 amide bonds. The van der Waals surface area contributed by atoms with Crippen molar-refractivity contribution in [3.63, 3.8) is 0 Å². The van der Waals surface area contributed by atoms with Crippen LogP contribution in [0.2, 0.25) is 0 Å². The quantitative estimate of drug-likeness (QED) is 0.399. The van der Waals surface area contributed by atoms with Crippen molar-refractivity contribution in [3.05, 3.63) is 47.3 Å². The molecule has 3 unspecified atom stereocenters. The van der Waals surface area contributed by atoms with Gasteiger partial charge in [-0.2, -0.15) is 0 Å². The Kier molecular flexibility index (Phi) is 8.19. The summed E-state index contributed by atoms with van der Waals surface area (Å²) in [5.74, 6) is 2.85. The molecular formula is C24H37F. The molecule has 0 aromatic heterocycles. The summed E-state index contributed by atoms with van der Waals surface area (Å²) in [5, 5.41) is 0. The summed E-state index contributed by atoms with van der Waals surface area (Å²) in [4.78, 5) is 0.